The van der Waals surface area contributed by atoms with E-state index in [4.69, 9.17) is 15.6 Å². The number of carbonyl (C=O) groups is 1. The molecule has 1 amide bonds. The molecule has 0 atom stereocenters. The minimum absolute atomic E-state index is 0.0470. The third kappa shape index (κ3) is 5.18. The van der Waals surface area contributed by atoms with Gasteiger partial charge < -0.3 is 30.7 Å². The van der Waals surface area contributed by atoms with Gasteiger partial charge in [0.2, 0.25) is 0 Å². The van der Waals surface area contributed by atoms with E-state index in [9.17, 15) is 4.79 Å². The Bertz CT molecular complexity index is 1100. The Hall–Kier alpha value is -3.76. The van der Waals surface area contributed by atoms with Gasteiger partial charge in [-0.3, -0.25) is 9.78 Å². The number of rotatable bonds is 7. The normalized spacial score (nSPS) is 13.6. The fourth-order valence-corrected chi connectivity index (χ4v) is 3.62. The number of amides is 1. The third-order valence-electron chi connectivity index (χ3n) is 5.45. The Morgan fingerprint density at radius 3 is 2.70 bits per heavy atom. The molecule has 3 aromatic rings. The first-order chi connectivity index (χ1) is 16.1. The molecule has 10 nitrogen and oxygen atoms in total. The summed E-state index contributed by atoms with van der Waals surface area (Å²) >= 11 is 0. The predicted octanol–water partition coefficient (Wildman–Crippen LogP) is 1.64. The van der Waals surface area contributed by atoms with Gasteiger partial charge in [-0.1, -0.05) is 12.1 Å². The number of nitrogens with two attached hydrogens (primary N) is 1. The molecule has 10 heteroatoms. The van der Waals surface area contributed by atoms with Gasteiger partial charge in [0, 0.05) is 44.1 Å². The van der Waals surface area contributed by atoms with Gasteiger partial charge >= 0.3 is 0 Å². The van der Waals surface area contributed by atoms with Crippen molar-refractivity contribution in [1.82, 2.24) is 15.0 Å². The second-order valence-electron chi connectivity index (χ2n) is 7.63. The van der Waals surface area contributed by atoms with Crippen LogP contribution in [0.1, 0.15) is 10.5 Å². The number of pyridine rings is 1. The number of carbonyl (C=O) groups excluding carboxylic acids is 1. The largest absolute Gasteiger partial charge is 0.395 e. The van der Waals surface area contributed by atoms with Crippen molar-refractivity contribution in [3.05, 3.63) is 54.6 Å². The molecule has 1 aromatic carbocycles. The van der Waals surface area contributed by atoms with Crippen molar-refractivity contribution < 1.29 is 14.6 Å². The highest BCUT2D eigenvalue weighted by molar-refractivity contribution is 6.07. The molecule has 4 rings (SSSR count). The summed E-state index contributed by atoms with van der Waals surface area (Å²) in [4.78, 5) is 30.0. The number of morpholine rings is 1. The zero-order valence-electron chi connectivity index (χ0n) is 18.4. The van der Waals surface area contributed by atoms with E-state index < -0.39 is 5.91 Å². The van der Waals surface area contributed by atoms with Gasteiger partial charge in [-0.05, 0) is 18.2 Å². The summed E-state index contributed by atoms with van der Waals surface area (Å²) in [6.45, 7) is 3.33. The number of aliphatic hydroxyl groups is 1. The summed E-state index contributed by atoms with van der Waals surface area (Å²) in [6.07, 6.45) is 4.84. The summed E-state index contributed by atoms with van der Waals surface area (Å²) < 4.78 is 5.42. The van der Waals surface area contributed by atoms with Crippen LogP contribution in [-0.4, -0.2) is 72.5 Å². The molecule has 0 aliphatic carbocycles. The molecule has 172 valence electrons. The van der Waals surface area contributed by atoms with E-state index >= 15 is 0 Å². The quantitative estimate of drug-likeness (QED) is 0.493. The first-order valence-corrected chi connectivity index (χ1v) is 10.7. The molecule has 1 aliphatic rings. The van der Waals surface area contributed by atoms with Crippen molar-refractivity contribution in [1.29, 1.82) is 0 Å². The van der Waals surface area contributed by atoms with Crippen LogP contribution in [0.4, 0.5) is 22.9 Å². The van der Waals surface area contributed by atoms with Crippen LogP contribution in [0.25, 0.3) is 11.3 Å². The molecular formula is C23H27N7O3. The van der Waals surface area contributed by atoms with Crippen LogP contribution in [0.5, 0.6) is 0 Å². The topological polar surface area (TPSA) is 130 Å². The maximum atomic E-state index is 13.1. The van der Waals surface area contributed by atoms with Crippen LogP contribution in [0.2, 0.25) is 0 Å². The van der Waals surface area contributed by atoms with Crippen molar-refractivity contribution in [3.63, 3.8) is 0 Å². The number of nitrogens with zero attached hydrogens (tertiary/aromatic N) is 5. The van der Waals surface area contributed by atoms with E-state index in [0.29, 0.717) is 31.1 Å². The molecule has 0 bridgehead atoms. The zero-order chi connectivity index (χ0) is 23.2. The Balaban J connectivity index is 1.56. The fourth-order valence-electron chi connectivity index (χ4n) is 3.62. The zero-order valence-corrected chi connectivity index (χ0v) is 18.4. The second-order valence-corrected chi connectivity index (χ2v) is 7.63. The Morgan fingerprint density at radius 1 is 1.21 bits per heavy atom. The number of aromatic nitrogens is 3. The fraction of sp³-hybridized carbons (Fsp3) is 0.304. The molecule has 0 unspecified atom stereocenters. The number of anilines is 4. The van der Waals surface area contributed by atoms with E-state index in [0.717, 1.165) is 30.0 Å². The Labute approximate surface area is 192 Å². The predicted molar refractivity (Wildman–Crippen MR) is 127 cm³/mol. The third-order valence-corrected chi connectivity index (χ3v) is 5.45. The van der Waals surface area contributed by atoms with Gasteiger partial charge in [0.1, 0.15) is 0 Å². The van der Waals surface area contributed by atoms with Crippen molar-refractivity contribution in [3.8, 4) is 11.3 Å². The maximum Gasteiger partial charge on any atom is 0.278 e. The van der Waals surface area contributed by atoms with Gasteiger partial charge in [-0.25, -0.2) is 9.97 Å². The molecule has 1 aliphatic heterocycles. The lowest BCUT2D eigenvalue weighted by Gasteiger charge is -2.30. The van der Waals surface area contributed by atoms with Crippen LogP contribution < -0.4 is 20.9 Å². The second kappa shape index (κ2) is 10.2. The van der Waals surface area contributed by atoms with Crippen LogP contribution in [0.3, 0.4) is 0 Å². The summed E-state index contributed by atoms with van der Waals surface area (Å²) in [5, 5.41) is 12.0. The molecule has 2 aromatic heterocycles. The number of likely N-dealkylation sites (N-methyl/N-ethyl adjacent to an activating group) is 1. The number of aliphatic hydroxyl groups excluding tert-OH is 1. The SMILES string of the molecule is CN(CCO)c1ccc(-c2cnc(N)c(C(=O)Nc3cnccc3N3CCOCC3)n2)cc1. The van der Waals surface area contributed by atoms with Gasteiger partial charge in [-0.2, -0.15) is 0 Å². The minimum Gasteiger partial charge on any atom is -0.395 e. The first kappa shape index (κ1) is 22.4. The number of benzene rings is 1. The smallest absolute Gasteiger partial charge is 0.278 e. The highest BCUT2D eigenvalue weighted by atomic mass is 16.5. The molecule has 3 heterocycles. The van der Waals surface area contributed by atoms with Crippen molar-refractivity contribution in [2.45, 2.75) is 0 Å². The molecule has 1 saturated heterocycles. The Kier molecular flexibility index (Phi) is 6.96. The van der Waals surface area contributed by atoms with Gasteiger partial charge in [0.25, 0.3) is 5.91 Å². The highest BCUT2D eigenvalue weighted by Gasteiger charge is 2.19. The molecule has 0 radical (unpaired) electrons. The van der Waals surface area contributed by atoms with Gasteiger partial charge in [0.15, 0.2) is 11.5 Å². The highest BCUT2D eigenvalue weighted by Crippen LogP contribution is 2.27. The molecule has 33 heavy (non-hydrogen) atoms. The van der Waals surface area contributed by atoms with Crippen LogP contribution in [-0.2, 0) is 4.74 Å². The maximum absolute atomic E-state index is 13.1. The molecular weight excluding hydrogens is 422 g/mol. The molecule has 0 saturated carbocycles. The summed E-state index contributed by atoms with van der Waals surface area (Å²) in [7, 11) is 1.90. The van der Waals surface area contributed by atoms with Crippen molar-refractivity contribution in [2.75, 3.05) is 67.4 Å². The van der Waals surface area contributed by atoms with E-state index in [1.165, 1.54) is 0 Å². The van der Waals surface area contributed by atoms with E-state index in [-0.39, 0.29) is 18.1 Å². The van der Waals surface area contributed by atoms with Gasteiger partial charge in [0.05, 0.1) is 49.3 Å². The van der Waals surface area contributed by atoms with Crippen molar-refractivity contribution >= 4 is 28.8 Å². The van der Waals surface area contributed by atoms with E-state index in [2.05, 4.69) is 25.2 Å². The van der Waals surface area contributed by atoms with E-state index in [1.54, 1.807) is 18.6 Å². The number of ether oxygens (including phenoxy) is 1. The van der Waals surface area contributed by atoms with E-state index in [1.807, 2.05) is 42.3 Å². The summed E-state index contributed by atoms with van der Waals surface area (Å²) in [5.74, 6) is -0.406. The number of hydrogen-bond donors (Lipinski definition) is 3. The molecule has 1 fully saturated rings. The van der Waals surface area contributed by atoms with Crippen molar-refractivity contribution in [2.24, 2.45) is 0 Å². The lowest BCUT2D eigenvalue weighted by molar-refractivity contribution is 0.102. The minimum atomic E-state index is -0.455. The standard InChI is InChI=1S/C23H27N7O3/c1-29(8-11-31)17-4-2-16(3-5-17)18-15-26-22(24)21(27-18)23(32)28-19-14-25-7-6-20(19)30-9-12-33-13-10-30/h2-7,14-15,31H,8-13H2,1H3,(H2,24,26)(H,28,32). The average molecular weight is 450 g/mol. The lowest BCUT2D eigenvalue weighted by atomic mass is 10.1. The Morgan fingerprint density at radius 2 is 1.97 bits per heavy atom. The average Bonchev–Trinajstić information content (AvgIpc) is 2.85. The summed E-state index contributed by atoms with van der Waals surface area (Å²) in [5.41, 5.74) is 9.77. The number of nitrogens with one attached hydrogen (secondary N) is 1. The molecule has 0 spiro atoms. The van der Waals surface area contributed by atoms with Crippen LogP contribution >= 0.6 is 0 Å². The van der Waals surface area contributed by atoms with Crippen LogP contribution in [0.15, 0.2) is 48.9 Å². The monoisotopic (exact) mass is 449 g/mol. The number of hydrogen-bond acceptors (Lipinski definition) is 9. The lowest BCUT2D eigenvalue weighted by Crippen LogP contribution is -2.36. The first-order valence-electron chi connectivity index (χ1n) is 10.7. The van der Waals surface area contributed by atoms with Gasteiger partial charge in [-0.15, -0.1) is 0 Å². The summed E-state index contributed by atoms with van der Waals surface area (Å²) in [6, 6.07) is 9.49. The molecule has 4 N–H and O–H groups in total. The number of nitrogen functional groups attached to an aromatic ring is 1. The van der Waals surface area contributed by atoms with Crippen LogP contribution in [0, 0.1) is 0 Å².